The lowest BCUT2D eigenvalue weighted by Gasteiger charge is -2.40. The Morgan fingerprint density at radius 3 is 2.38 bits per heavy atom. The van der Waals surface area contributed by atoms with Crippen molar-refractivity contribution in [2.75, 3.05) is 43.1 Å². The number of carbonyl (C=O) groups is 2. The zero-order valence-electron chi connectivity index (χ0n) is 24.4. The van der Waals surface area contributed by atoms with Gasteiger partial charge in [0.2, 0.25) is 0 Å². The molecule has 9 nitrogen and oxygen atoms in total. The molecule has 3 atom stereocenters. The molecule has 0 spiro atoms. The number of nitrogens with zero attached hydrogens (tertiary/aromatic N) is 3. The number of benzene rings is 2. The van der Waals surface area contributed by atoms with E-state index < -0.39 is 0 Å². The van der Waals surface area contributed by atoms with E-state index in [1.807, 2.05) is 37.3 Å². The van der Waals surface area contributed by atoms with Crippen LogP contribution in [0.15, 0.2) is 60.8 Å². The number of piperazine rings is 1. The SMILES string of the molecule is COc1cccc(C(=O)N[C@H]2C[C@H]3CC[C@@H](C2)N3c2ccc(C(=O)NCc3ccc(N4CCNCC4)cc3)cn2)c1C. The number of amides is 2. The van der Waals surface area contributed by atoms with Gasteiger partial charge in [-0.25, -0.2) is 4.98 Å². The van der Waals surface area contributed by atoms with Crippen LogP contribution in [0.4, 0.5) is 11.5 Å². The van der Waals surface area contributed by atoms with Gasteiger partial charge in [-0.1, -0.05) is 18.2 Å². The Kier molecular flexibility index (Phi) is 8.28. The van der Waals surface area contributed by atoms with Crippen molar-refractivity contribution < 1.29 is 14.3 Å². The number of hydrogen-bond donors (Lipinski definition) is 3. The highest BCUT2D eigenvalue weighted by Crippen LogP contribution is 2.38. The number of piperidine rings is 1. The number of ether oxygens (including phenoxy) is 1. The Labute approximate surface area is 247 Å². The second kappa shape index (κ2) is 12.4. The largest absolute Gasteiger partial charge is 0.496 e. The van der Waals surface area contributed by atoms with Crippen molar-refractivity contribution in [2.24, 2.45) is 0 Å². The van der Waals surface area contributed by atoms with Crippen molar-refractivity contribution >= 4 is 23.3 Å². The summed E-state index contributed by atoms with van der Waals surface area (Å²) in [5, 5.41) is 9.68. The van der Waals surface area contributed by atoms with E-state index in [-0.39, 0.29) is 17.9 Å². The maximum Gasteiger partial charge on any atom is 0.253 e. The predicted octanol–water partition coefficient (Wildman–Crippen LogP) is 3.67. The molecule has 3 aromatic rings. The number of pyridine rings is 1. The van der Waals surface area contributed by atoms with E-state index in [0.717, 1.165) is 74.6 Å². The smallest absolute Gasteiger partial charge is 0.253 e. The molecule has 3 aliphatic heterocycles. The zero-order chi connectivity index (χ0) is 29.1. The normalized spacial score (nSPS) is 21.6. The molecule has 2 aromatic carbocycles. The topological polar surface area (TPSA) is 98.8 Å². The third-order valence-corrected chi connectivity index (χ3v) is 8.96. The lowest BCUT2D eigenvalue weighted by atomic mass is 9.96. The minimum Gasteiger partial charge on any atom is -0.496 e. The molecular formula is C33H40N6O3. The summed E-state index contributed by atoms with van der Waals surface area (Å²) in [6, 6.07) is 18.6. The van der Waals surface area contributed by atoms with E-state index in [1.54, 1.807) is 13.3 Å². The number of methoxy groups -OCH3 is 1. The number of hydrogen-bond acceptors (Lipinski definition) is 7. The first-order chi connectivity index (χ1) is 20.5. The Balaban J connectivity index is 1.02. The summed E-state index contributed by atoms with van der Waals surface area (Å²) in [5.74, 6) is 1.45. The summed E-state index contributed by atoms with van der Waals surface area (Å²) in [5.41, 5.74) is 4.36. The van der Waals surface area contributed by atoms with Gasteiger partial charge in [0.25, 0.3) is 11.8 Å². The molecule has 220 valence electrons. The minimum atomic E-state index is -0.127. The molecular weight excluding hydrogens is 528 g/mol. The van der Waals surface area contributed by atoms with Gasteiger partial charge >= 0.3 is 0 Å². The monoisotopic (exact) mass is 568 g/mol. The van der Waals surface area contributed by atoms with Crippen molar-refractivity contribution in [3.8, 4) is 5.75 Å². The molecule has 0 radical (unpaired) electrons. The molecule has 0 saturated carbocycles. The number of anilines is 2. The first-order valence-electron chi connectivity index (χ1n) is 15.0. The standard InChI is InChI=1S/C33H40N6O3/c1-22-29(4-3-5-30(22)42-2)33(41)37-25-18-27-11-12-28(19-25)39(27)31-13-8-24(21-35-31)32(40)36-20-23-6-9-26(10-7-23)38-16-14-34-15-17-38/h3-10,13,21,25,27-28,34H,11-12,14-20H2,1-2H3,(H,36,40)(H,37,41)/t25-,27+,28-. The molecule has 2 bridgehead atoms. The van der Waals surface area contributed by atoms with Gasteiger partial charge in [0, 0.05) is 73.9 Å². The molecule has 42 heavy (non-hydrogen) atoms. The van der Waals surface area contributed by atoms with Crippen LogP contribution in [0.2, 0.25) is 0 Å². The molecule has 3 aliphatic rings. The minimum absolute atomic E-state index is 0.0479. The van der Waals surface area contributed by atoms with E-state index in [9.17, 15) is 9.59 Å². The van der Waals surface area contributed by atoms with Gasteiger partial charge in [-0.05, 0) is 74.6 Å². The summed E-state index contributed by atoms with van der Waals surface area (Å²) < 4.78 is 5.39. The zero-order valence-corrected chi connectivity index (χ0v) is 24.4. The molecule has 9 heteroatoms. The third kappa shape index (κ3) is 5.92. The second-order valence-electron chi connectivity index (χ2n) is 11.6. The number of carbonyl (C=O) groups excluding carboxylic acids is 2. The highest BCUT2D eigenvalue weighted by Gasteiger charge is 2.42. The Morgan fingerprint density at radius 1 is 0.976 bits per heavy atom. The van der Waals surface area contributed by atoms with Gasteiger partial charge in [0.15, 0.2) is 0 Å². The fourth-order valence-corrected chi connectivity index (χ4v) is 6.72. The first-order valence-corrected chi connectivity index (χ1v) is 15.0. The number of fused-ring (bicyclic) bond motifs is 2. The summed E-state index contributed by atoms with van der Waals surface area (Å²) >= 11 is 0. The molecule has 3 N–H and O–H groups in total. The van der Waals surface area contributed by atoms with Crippen LogP contribution >= 0.6 is 0 Å². The average molecular weight is 569 g/mol. The number of nitrogens with one attached hydrogen (secondary N) is 3. The maximum absolute atomic E-state index is 13.1. The van der Waals surface area contributed by atoms with Crippen molar-refractivity contribution in [3.63, 3.8) is 0 Å². The van der Waals surface area contributed by atoms with Crippen LogP contribution in [-0.2, 0) is 6.54 Å². The van der Waals surface area contributed by atoms with Crippen LogP contribution in [0.1, 0.15) is 57.5 Å². The summed E-state index contributed by atoms with van der Waals surface area (Å²) in [4.78, 5) is 35.4. The van der Waals surface area contributed by atoms with Crippen LogP contribution in [-0.4, -0.2) is 68.2 Å². The van der Waals surface area contributed by atoms with Crippen LogP contribution in [0.5, 0.6) is 5.75 Å². The molecule has 3 saturated heterocycles. The van der Waals surface area contributed by atoms with E-state index in [1.165, 1.54) is 5.69 Å². The van der Waals surface area contributed by atoms with Gasteiger partial charge in [-0.2, -0.15) is 0 Å². The predicted molar refractivity (Wildman–Crippen MR) is 164 cm³/mol. The third-order valence-electron chi connectivity index (χ3n) is 8.96. The lowest BCUT2D eigenvalue weighted by Crippen LogP contribution is -2.50. The van der Waals surface area contributed by atoms with Crippen molar-refractivity contribution in [2.45, 2.75) is 57.3 Å². The van der Waals surface area contributed by atoms with E-state index in [2.05, 4.69) is 50.0 Å². The molecule has 4 heterocycles. The van der Waals surface area contributed by atoms with Crippen LogP contribution < -0.4 is 30.5 Å². The Hall–Kier alpha value is -4.11. The average Bonchev–Trinajstić information content (AvgIpc) is 3.30. The van der Waals surface area contributed by atoms with Crippen molar-refractivity contribution in [1.82, 2.24) is 20.9 Å². The number of aromatic nitrogens is 1. The molecule has 0 unspecified atom stereocenters. The van der Waals surface area contributed by atoms with Gasteiger partial charge in [-0.3, -0.25) is 9.59 Å². The van der Waals surface area contributed by atoms with Crippen LogP contribution in [0, 0.1) is 6.92 Å². The highest BCUT2D eigenvalue weighted by atomic mass is 16.5. The molecule has 1 aromatic heterocycles. The number of rotatable bonds is 8. The highest BCUT2D eigenvalue weighted by molar-refractivity contribution is 5.96. The summed E-state index contributed by atoms with van der Waals surface area (Å²) in [7, 11) is 1.62. The maximum atomic E-state index is 13.1. The van der Waals surface area contributed by atoms with Gasteiger partial charge < -0.3 is 30.5 Å². The fourth-order valence-electron chi connectivity index (χ4n) is 6.72. The first kappa shape index (κ1) is 28.0. The molecule has 2 amide bonds. The molecule has 6 rings (SSSR count). The Morgan fingerprint density at radius 2 is 1.71 bits per heavy atom. The Bertz CT molecular complexity index is 1390. The summed E-state index contributed by atoms with van der Waals surface area (Å²) in [6.07, 6.45) is 5.58. The molecule has 0 aliphatic carbocycles. The van der Waals surface area contributed by atoms with Gasteiger partial charge in [0.1, 0.15) is 11.6 Å². The van der Waals surface area contributed by atoms with E-state index >= 15 is 0 Å². The lowest BCUT2D eigenvalue weighted by molar-refractivity contribution is 0.0923. The molecule has 3 fully saturated rings. The van der Waals surface area contributed by atoms with Crippen LogP contribution in [0.25, 0.3) is 0 Å². The van der Waals surface area contributed by atoms with E-state index in [4.69, 9.17) is 9.72 Å². The van der Waals surface area contributed by atoms with E-state index in [0.29, 0.717) is 29.8 Å². The van der Waals surface area contributed by atoms with Crippen molar-refractivity contribution in [1.29, 1.82) is 0 Å². The summed E-state index contributed by atoms with van der Waals surface area (Å²) in [6.45, 7) is 6.43. The fraction of sp³-hybridized carbons (Fsp3) is 0.424. The van der Waals surface area contributed by atoms with Crippen LogP contribution in [0.3, 0.4) is 0 Å². The van der Waals surface area contributed by atoms with Gasteiger partial charge in [0.05, 0.1) is 12.7 Å². The second-order valence-corrected chi connectivity index (χ2v) is 11.6. The van der Waals surface area contributed by atoms with Gasteiger partial charge in [-0.15, -0.1) is 0 Å². The quantitative estimate of drug-likeness (QED) is 0.382. The van der Waals surface area contributed by atoms with Crippen molar-refractivity contribution in [3.05, 3.63) is 83.0 Å².